The summed E-state index contributed by atoms with van der Waals surface area (Å²) in [5.41, 5.74) is 1.25. The van der Waals surface area contributed by atoms with Crippen LogP contribution in [-0.4, -0.2) is 42.4 Å². The molecule has 0 aliphatic heterocycles. The number of hydrogen-bond donors (Lipinski definition) is 2. The predicted octanol–water partition coefficient (Wildman–Crippen LogP) is 2.76. The van der Waals surface area contributed by atoms with E-state index in [0.29, 0.717) is 28.1 Å². The van der Waals surface area contributed by atoms with Crippen molar-refractivity contribution in [2.75, 3.05) is 19.5 Å². The largest absolute Gasteiger partial charge is 0.497 e. The SMILES string of the molecule is COc1ccc(OC)c(NC(=O)C(C)OC(=O)c2n[nH]c3ccccc23)c1. The number of anilines is 1. The van der Waals surface area contributed by atoms with Gasteiger partial charge in [-0.1, -0.05) is 18.2 Å². The average Bonchev–Trinajstić information content (AvgIpc) is 3.12. The molecule has 0 spiro atoms. The van der Waals surface area contributed by atoms with Crippen molar-refractivity contribution >= 4 is 28.5 Å². The summed E-state index contributed by atoms with van der Waals surface area (Å²) in [6.45, 7) is 1.48. The summed E-state index contributed by atoms with van der Waals surface area (Å²) in [6, 6.07) is 12.2. The molecule has 0 saturated carbocycles. The summed E-state index contributed by atoms with van der Waals surface area (Å²) >= 11 is 0. The van der Waals surface area contributed by atoms with Gasteiger partial charge in [-0.05, 0) is 25.1 Å². The van der Waals surface area contributed by atoms with Crippen LogP contribution in [0.4, 0.5) is 5.69 Å². The molecule has 3 rings (SSSR count). The summed E-state index contributed by atoms with van der Waals surface area (Å²) in [6.07, 6.45) is -1.04. The van der Waals surface area contributed by atoms with Crippen molar-refractivity contribution in [2.45, 2.75) is 13.0 Å². The van der Waals surface area contributed by atoms with Crippen LogP contribution < -0.4 is 14.8 Å². The summed E-state index contributed by atoms with van der Waals surface area (Å²) in [4.78, 5) is 24.8. The molecule has 0 bridgehead atoms. The molecule has 3 aromatic rings. The number of nitrogens with zero attached hydrogens (tertiary/aromatic N) is 1. The Morgan fingerprint density at radius 3 is 2.63 bits per heavy atom. The maximum absolute atomic E-state index is 12.4. The molecule has 2 N–H and O–H groups in total. The van der Waals surface area contributed by atoms with Gasteiger partial charge in [0.2, 0.25) is 0 Å². The third kappa shape index (κ3) is 3.84. The zero-order valence-corrected chi connectivity index (χ0v) is 15.1. The second kappa shape index (κ2) is 7.77. The van der Waals surface area contributed by atoms with Crippen LogP contribution >= 0.6 is 0 Å². The maximum atomic E-state index is 12.4. The monoisotopic (exact) mass is 369 g/mol. The summed E-state index contributed by atoms with van der Waals surface area (Å²) in [7, 11) is 3.01. The number of amides is 1. The molecule has 0 fully saturated rings. The van der Waals surface area contributed by atoms with Crippen LogP contribution in [0.2, 0.25) is 0 Å². The number of para-hydroxylation sites is 1. The third-order valence-electron chi connectivity index (χ3n) is 3.98. The van der Waals surface area contributed by atoms with Crippen LogP contribution in [0.3, 0.4) is 0 Å². The predicted molar refractivity (Wildman–Crippen MR) is 99.1 cm³/mol. The molecule has 1 unspecified atom stereocenters. The standard InChI is InChI=1S/C19H19N3O5/c1-11(18(23)20-15-10-12(25-2)8-9-16(15)26-3)27-19(24)17-13-6-4-5-7-14(13)21-22-17/h4-11H,1-3H3,(H,20,23)(H,21,22). The number of hydrogen-bond acceptors (Lipinski definition) is 6. The Hall–Kier alpha value is -3.55. The Kier molecular flexibility index (Phi) is 5.25. The lowest BCUT2D eigenvalue weighted by Gasteiger charge is -2.15. The first kappa shape index (κ1) is 18.2. The highest BCUT2D eigenvalue weighted by molar-refractivity contribution is 6.03. The van der Waals surface area contributed by atoms with Gasteiger partial charge in [0, 0.05) is 11.5 Å². The number of carbonyl (C=O) groups is 2. The number of rotatable bonds is 6. The van der Waals surface area contributed by atoms with Crippen molar-refractivity contribution in [2.24, 2.45) is 0 Å². The van der Waals surface area contributed by atoms with Crippen molar-refractivity contribution in [3.05, 3.63) is 48.2 Å². The van der Waals surface area contributed by atoms with Crippen molar-refractivity contribution in [3.63, 3.8) is 0 Å². The van der Waals surface area contributed by atoms with Crippen LogP contribution in [0.1, 0.15) is 17.4 Å². The molecule has 0 aliphatic carbocycles. The molecule has 1 aromatic heterocycles. The van der Waals surface area contributed by atoms with Gasteiger partial charge in [0.1, 0.15) is 11.5 Å². The zero-order valence-electron chi connectivity index (χ0n) is 15.1. The minimum absolute atomic E-state index is 0.129. The fraction of sp³-hybridized carbons (Fsp3) is 0.211. The highest BCUT2D eigenvalue weighted by Gasteiger charge is 2.23. The van der Waals surface area contributed by atoms with Gasteiger partial charge in [-0.25, -0.2) is 4.79 Å². The summed E-state index contributed by atoms with van der Waals surface area (Å²) < 4.78 is 15.6. The van der Waals surface area contributed by atoms with Gasteiger partial charge < -0.3 is 19.5 Å². The molecule has 0 saturated heterocycles. The van der Waals surface area contributed by atoms with Crippen LogP contribution in [0.5, 0.6) is 11.5 Å². The molecule has 1 atom stereocenters. The van der Waals surface area contributed by atoms with Gasteiger partial charge in [0.05, 0.1) is 25.4 Å². The Bertz CT molecular complexity index is 982. The van der Waals surface area contributed by atoms with Crippen LogP contribution in [0, 0.1) is 0 Å². The molecule has 8 heteroatoms. The minimum atomic E-state index is -1.04. The molecule has 8 nitrogen and oxygen atoms in total. The quantitative estimate of drug-likeness (QED) is 0.648. The second-order valence-electron chi connectivity index (χ2n) is 5.72. The highest BCUT2D eigenvalue weighted by Crippen LogP contribution is 2.29. The Morgan fingerprint density at radius 2 is 1.89 bits per heavy atom. The number of aromatic amines is 1. The van der Waals surface area contributed by atoms with Crippen molar-refractivity contribution in [1.82, 2.24) is 10.2 Å². The van der Waals surface area contributed by atoms with E-state index in [2.05, 4.69) is 15.5 Å². The van der Waals surface area contributed by atoms with Crippen LogP contribution in [0.25, 0.3) is 10.9 Å². The van der Waals surface area contributed by atoms with Gasteiger partial charge in [0.25, 0.3) is 5.91 Å². The Labute approximate surface area is 155 Å². The zero-order chi connectivity index (χ0) is 19.4. The fourth-order valence-corrected chi connectivity index (χ4v) is 2.54. The van der Waals surface area contributed by atoms with E-state index in [1.165, 1.54) is 21.1 Å². The molecular formula is C19H19N3O5. The first-order valence-electron chi connectivity index (χ1n) is 8.20. The molecule has 0 aliphatic rings. The lowest BCUT2D eigenvalue weighted by Crippen LogP contribution is -2.30. The number of fused-ring (bicyclic) bond motifs is 1. The average molecular weight is 369 g/mol. The number of esters is 1. The first-order valence-corrected chi connectivity index (χ1v) is 8.20. The second-order valence-corrected chi connectivity index (χ2v) is 5.72. The molecule has 0 radical (unpaired) electrons. The van der Waals surface area contributed by atoms with Crippen LogP contribution in [0.15, 0.2) is 42.5 Å². The molecular weight excluding hydrogens is 350 g/mol. The molecule has 2 aromatic carbocycles. The highest BCUT2D eigenvalue weighted by atomic mass is 16.5. The van der Waals surface area contributed by atoms with E-state index in [0.717, 1.165) is 0 Å². The van der Waals surface area contributed by atoms with Crippen molar-refractivity contribution < 1.29 is 23.8 Å². The molecule has 1 heterocycles. The van der Waals surface area contributed by atoms with E-state index in [-0.39, 0.29) is 5.69 Å². The van der Waals surface area contributed by atoms with Gasteiger partial charge in [0.15, 0.2) is 11.8 Å². The van der Waals surface area contributed by atoms with E-state index in [1.54, 1.807) is 36.4 Å². The summed E-state index contributed by atoms with van der Waals surface area (Å²) in [5.74, 6) is -0.179. The number of aromatic nitrogens is 2. The molecule has 140 valence electrons. The van der Waals surface area contributed by atoms with Gasteiger partial charge >= 0.3 is 5.97 Å². The number of methoxy groups -OCH3 is 2. The maximum Gasteiger partial charge on any atom is 0.360 e. The topological polar surface area (TPSA) is 103 Å². The summed E-state index contributed by atoms with van der Waals surface area (Å²) in [5, 5.41) is 10.0. The van der Waals surface area contributed by atoms with E-state index < -0.39 is 18.0 Å². The van der Waals surface area contributed by atoms with E-state index in [4.69, 9.17) is 14.2 Å². The number of benzene rings is 2. The van der Waals surface area contributed by atoms with E-state index in [9.17, 15) is 9.59 Å². The van der Waals surface area contributed by atoms with Crippen molar-refractivity contribution in [1.29, 1.82) is 0 Å². The Morgan fingerprint density at radius 1 is 1.11 bits per heavy atom. The van der Waals surface area contributed by atoms with Gasteiger partial charge in [-0.2, -0.15) is 5.10 Å². The number of ether oxygens (including phenoxy) is 3. The Balaban J connectivity index is 1.72. The number of H-pyrrole nitrogens is 1. The van der Waals surface area contributed by atoms with E-state index >= 15 is 0 Å². The lowest BCUT2D eigenvalue weighted by atomic mass is 10.2. The minimum Gasteiger partial charge on any atom is -0.497 e. The third-order valence-corrected chi connectivity index (χ3v) is 3.98. The van der Waals surface area contributed by atoms with Crippen molar-refractivity contribution in [3.8, 4) is 11.5 Å². The first-order chi connectivity index (χ1) is 13.0. The van der Waals surface area contributed by atoms with Gasteiger partial charge in [-0.3, -0.25) is 9.89 Å². The van der Waals surface area contributed by atoms with Gasteiger partial charge in [-0.15, -0.1) is 0 Å². The smallest absolute Gasteiger partial charge is 0.360 e. The molecule has 1 amide bonds. The number of nitrogens with one attached hydrogen (secondary N) is 2. The number of carbonyl (C=O) groups excluding carboxylic acids is 2. The van der Waals surface area contributed by atoms with Crippen LogP contribution in [-0.2, 0) is 9.53 Å². The normalized spacial score (nSPS) is 11.7. The lowest BCUT2D eigenvalue weighted by molar-refractivity contribution is -0.123. The fourth-order valence-electron chi connectivity index (χ4n) is 2.54. The van der Waals surface area contributed by atoms with E-state index in [1.807, 2.05) is 6.07 Å². The molecule has 27 heavy (non-hydrogen) atoms.